The van der Waals surface area contributed by atoms with Gasteiger partial charge in [-0.2, -0.15) is 0 Å². The van der Waals surface area contributed by atoms with Crippen LogP contribution in [0, 0.1) is 0 Å². The predicted molar refractivity (Wildman–Crippen MR) is 68.4 cm³/mol. The zero-order valence-corrected chi connectivity index (χ0v) is 11.3. The van der Waals surface area contributed by atoms with Crippen LogP contribution >= 0.6 is 15.9 Å². The lowest BCUT2D eigenvalue weighted by molar-refractivity contribution is 0.0786. The second kappa shape index (κ2) is 6.63. The number of carbonyl (C=O) groups is 1. The molecule has 0 atom stereocenters. The first-order chi connectivity index (χ1) is 7.66. The summed E-state index contributed by atoms with van der Waals surface area (Å²) in [5.74, 6) is -0.0245. The maximum atomic E-state index is 12.0. The van der Waals surface area contributed by atoms with Gasteiger partial charge in [0.05, 0.1) is 0 Å². The maximum Gasteiger partial charge on any atom is 0.273 e. The van der Waals surface area contributed by atoms with Crippen LogP contribution in [0.3, 0.4) is 0 Å². The van der Waals surface area contributed by atoms with Crippen molar-refractivity contribution >= 4 is 21.8 Å². The summed E-state index contributed by atoms with van der Waals surface area (Å²) < 4.78 is 0.752. The molecule has 0 aliphatic heterocycles. The zero-order valence-electron chi connectivity index (χ0n) is 9.74. The molecule has 16 heavy (non-hydrogen) atoms. The highest BCUT2D eigenvalue weighted by molar-refractivity contribution is 9.10. The van der Waals surface area contributed by atoms with Crippen molar-refractivity contribution in [1.29, 1.82) is 0 Å². The summed E-state index contributed by atoms with van der Waals surface area (Å²) in [4.78, 5) is 17.8. The van der Waals surface area contributed by atoms with Gasteiger partial charge in [0.15, 0.2) is 0 Å². The molecule has 0 radical (unpaired) electrons. The van der Waals surface area contributed by atoms with Crippen molar-refractivity contribution in [2.45, 2.75) is 26.2 Å². The number of halogens is 1. The molecule has 1 heterocycles. The molecule has 0 fully saturated rings. The fourth-order valence-corrected chi connectivity index (χ4v) is 1.85. The van der Waals surface area contributed by atoms with E-state index in [9.17, 15) is 4.79 Å². The number of unbranched alkanes of at least 4 members (excludes halogenated alkanes) is 2. The smallest absolute Gasteiger partial charge is 0.273 e. The molecule has 3 nitrogen and oxygen atoms in total. The maximum absolute atomic E-state index is 12.0. The number of pyridine rings is 1. The molecule has 0 aromatic carbocycles. The Labute approximate surface area is 105 Å². The number of carbonyl (C=O) groups excluding carboxylic acids is 1. The molecule has 4 heteroatoms. The second-order valence-corrected chi connectivity index (χ2v) is 4.62. The summed E-state index contributed by atoms with van der Waals surface area (Å²) in [6.07, 6.45) is 5.00. The predicted octanol–water partition coefficient (Wildman–Crippen LogP) is 3.11. The highest BCUT2D eigenvalue weighted by Crippen LogP contribution is 2.15. The minimum atomic E-state index is -0.0245. The monoisotopic (exact) mass is 284 g/mol. The summed E-state index contributed by atoms with van der Waals surface area (Å²) in [5.41, 5.74) is 0.487. The van der Waals surface area contributed by atoms with Crippen LogP contribution in [0.2, 0.25) is 0 Å². The van der Waals surface area contributed by atoms with E-state index in [1.165, 1.54) is 0 Å². The summed E-state index contributed by atoms with van der Waals surface area (Å²) in [6.45, 7) is 2.94. The summed E-state index contributed by atoms with van der Waals surface area (Å²) >= 11 is 3.34. The number of aromatic nitrogens is 1. The molecule has 0 aliphatic rings. The van der Waals surface area contributed by atoms with Crippen molar-refractivity contribution in [2.75, 3.05) is 13.6 Å². The standard InChI is InChI=1S/C12H17BrN2O/c1-3-4-5-9-15(2)12(16)11-10(13)7-6-8-14-11/h6-8H,3-5,9H2,1-2H3. The summed E-state index contributed by atoms with van der Waals surface area (Å²) in [7, 11) is 1.82. The molecule has 0 bridgehead atoms. The van der Waals surface area contributed by atoms with E-state index in [1.807, 2.05) is 13.1 Å². The van der Waals surface area contributed by atoms with Gasteiger partial charge in [-0.3, -0.25) is 4.79 Å². The Morgan fingerprint density at radius 1 is 1.50 bits per heavy atom. The Kier molecular flexibility index (Phi) is 5.46. The molecule has 0 unspecified atom stereocenters. The van der Waals surface area contributed by atoms with Crippen molar-refractivity contribution in [3.63, 3.8) is 0 Å². The van der Waals surface area contributed by atoms with Crippen LogP contribution in [-0.2, 0) is 0 Å². The number of rotatable bonds is 5. The molecule has 0 saturated carbocycles. The Morgan fingerprint density at radius 2 is 2.25 bits per heavy atom. The van der Waals surface area contributed by atoms with E-state index >= 15 is 0 Å². The highest BCUT2D eigenvalue weighted by Gasteiger charge is 2.15. The van der Waals surface area contributed by atoms with Crippen molar-refractivity contribution < 1.29 is 4.79 Å². The van der Waals surface area contributed by atoms with Gasteiger partial charge < -0.3 is 4.90 Å². The highest BCUT2D eigenvalue weighted by atomic mass is 79.9. The van der Waals surface area contributed by atoms with Crippen LogP contribution in [0.1, 0.15) is 36.7 Å². The summed E-state index contributed by atoms with van der Waals surface area (Å²) in [6, 6.07) is 3.64. The fraction of sp³-hybridized carbons (Fsp3) is 0.500. The quantitative estimate of drug-likeness (QED) is 0.779. The van der Waals surface area contributed by atoms with Crippen molar-refractivity contribution in [3.8, 4) is 0 Å². The number of nitrogens with zero attached hydrogens (tertiary/aromatic N) is 2. The van der Waals surface area contributed by atoms with Crippen molar-refractivity contribution in [1.82, 2.24) is 9.88 Å². The van der Waals surface area contributed by atoms with Crippen molar-refractivity contribution in [2.24, 2.45) is 0 Å². The molecule has 0 saturated heterocycles. The average Bonchev–Trinajstić information content (AvgIpc) is 2.29. The Morgan fingerprint density at radius 3 is 2.88 bits per heavy atom. The lowest BCUT2D eigenvalue weighted by Crippen LogP contribution is -2.28. The fourth-order valence-electron chi connectivity index (χ4n) is 1.42. The van der Waals surface area contributed by atoms with Crippen LogP contribution in [0.25, 0.3) is 0 Å². The largest absolute Gasteiger partial charge is 0.340 e. The first kappa shape index (κ1) is 13.2. The van der Waals surface area contributed by atoms with Crippen LogP contribution in [0.5, 0.6) is 0 Å². The summed E-state index contributed by atoms with van der Waals surface area (Å²) in [5, 5.41) is 0. The molecule has 1 amide bonds. The van der Waals surface area contributed by atoms with Gasteiger partial charge in [0.2, 0.25) is 0 Å². The van der Waals surface area contributed by atoms with E-state index in [2.05, 4.69) is 27.8 Å². The van der Waals surface area contributed by atoms with Gasteiger partial charge >= 0.3 is 0 Å². The number of hydrogen-bond acceptors (Lipinski definition) is 2. The van der Waals surface area contributed by atoms with Crippen LogP contribution in [0.4, 0.5) is 0 Å². The second-order valence-electron chi connectivity index (χ2n) is 3.77. The Hall–Kier alpha value is -0.900. The third-order valence-electron chi connectivity index (χ3n) is 2.40. The third-order valence-corrected chi connectivity index (χ3v) is 3.04. The molecule has 0 aliphatic carbocycles. The normalized spacial score (nSPS) is 10.2. The molecule has 1 aromatic rings. The van der Waals surface area contributed by atoms with E-state index < -0.39 is 0 Å². The minimum Gasteiger partial charge on any atom is -0.340 e. The van der Waals surface area contributed by atoms with E-state index in [-0.39, 0.29) is 5.91 Å². The topological polar surface area (TPSA) is 33.2 Å². The molecule has 88 valence electrons. The van der Waals surface area contributed by atoms with Crippen molar-refractivity contribution in [3.05, 3.63) is 28.5 Å². The Bertz CT molecular complexity index is 355. The zero-order chi connectivity index (χ0) is 12.0. The van der Waals surface area contributed by atoms with E-state index in [0.29, 0.717) is 5.69 Å². The molecule has 0 spiro atoms. The third kappa shape index (κ3) is 3.59. The van der Waals surface area contributed by atoms with Gasteiger partial charge in [0.25, 0.3) is 5.91 Å². The molecule has 1 aromatic heterocycles. The van der Waals surface area contributed by atoms with Crippen LogP contribution in [0.15, 0.2) is 22.8 Å². The van der Waals surface area contributed by atoms with Crippen LogP contribution < -0.4 is 0 Å². The van der Waals surface area contributed by atoms with Gasteiger partial charge in [-0.15, -0.1) is 0 Å². The molecule has 0 N–H and O–H groups in total. The van der Waals surface area contributed by atoms with Gasteiger partial charge in [0.1, 0.15) is 5.69 Å². The van der Waals surface area contributed by atoms with Gasteiger partial charge in [-0.05, 0) is 34.5 Å². The minimum absolute atomic E-state index is 0.0245. The van der Waals surface area contributed by atoms with Crippen LogP contribution in [-0.4, -0.2) is 29.4 Å². The first-order valence-corrected chi connectivity index (χ1v) is 6.32. The lowest BCUT2D eigenvalue weighted by atomic mass is 10.2. The van der Waals surface area contributed by atoms with Gasteiger partial charge in [0, 0.05) is 24.3 Å². The van der Waals surface area contributed by atoms with E-state index in [0.717, 1.165) is 30.3 Å². The average molecular weight is 285 g/mol. The Balaban J connectivity index is 2.60. The molecular formula is C12H17BrN2O. The van der Waals surface area contributed by atoms with Gasteiger partial charge in [-0.25, -0.2) is 4.98 Å². The SMILES string of the molecule is CCCCCN(C)C(=O)c1ncccc1Br. The van der Waals surface area contributed by atoms with E-state index in [4.69, 9.17) is 0 Å². The van der Waals surface area contributed by atoms with E-state index in [1.54, 1.807) is 17.2 Å². The molecule has 1 rings (SSSR count). The first-order valence-electron chi connectivity index (χ1n) is 5.52. The van der Waals surface area contributed by atoms with Gasteiger partial charge in [-0.1, -0.05) is 19.8 Å². The lowest BCUT2D eigenvalue weighted by Gasteiger charge is -2.16. The molecular weight excluding hydrogens is 268 g/mol. The number of hydrogen-bond donors (Lipinski definition) is 0. The number of amides is 1.